The molecule has 8 N–H and O–H groups in total. The molecular weight excluding hydrogens is 318 g/mol. The van der Waals surface area contributed by atoms with Crippen molar-refractivity contribution in [2.45, 2.75) is 44.6 Å². The van der Waals surface area contributed by atoms with Gasteiger partial charge in [0.05, 0.1) is 12.5 Å². The monoisotopic (exact) mass is 345 g/mol. The first-order chi connectivity index (χ1) is 11.3. The van der Waals surface area contributed by atoms with Crippen molar-refractivity contribution in [1.82, 2.24) is 10.6 Å². The molecule has 1 atom stereocenters. The SMILES string of the molecule is NC(N)=NCCCCCCC(=O)NC[C@@H](O)CC(=O)NCC(=O)O. The third-order valence-electron chi connectivity index (χ3n) is 3.00. The highest BCUT2D eigenvalue weighted by Gasteiger charge is 2.12. The number of carboxylic acids is 1. The third kappa shape index (κ3) is 14.6. The predicted octanol–water partition coefficient (Wildman–Crippen LogP) is -1.72. The van der Waals surface area contributed by atoms with Crippen molar-refractivity contribution < 1.29 is 24.6 Å². The third-order valence-corrected chi connectivity index (χ3v) is 3.00. The maximum atomic E-state index is 11.6. The lowest BCUT2D eigenvalue weighted by atomic mass is 10.1. The van der Waals surface area contributed by atoms with Gasteiger partial charge in [-0.1, -0.05) is 12.8 Å². The first kappa shape index (κ1) is 21.6. The average Bonchev–Trinajstić information content (AvgIpc) is 2.49. The minimum atomic E-state index is -1.16. The molecule has 0 spiro atoms. The van der Waals surface area contributed by atoms with Crippen molar-refractivity contribution in [1.29, 1.82) is 0 Å². The smallest absolute Gasteiger partial charge is 0.322 e. The zero-order chi connectivity index (χ0) is 18.4. The van der Waals surface area contributed by atoms with Crippen molar-refractivity contribution in [2.24, 2.45) is 16.5 Å². The Morgan fingerprint density at radius 1 is 1.00 bits per heavy atom. The zero-order valence-corrected chi connectivity index (χ0v) is 13.7. The summed E-state index contributed by atoms with van der Waals surface area (Å²) in [5, 5.41) is 22.6. The summed E-state index contributed by atoms with van der Waals surface area (Å²) in [6, 6.07) is 0. The predicted molar refractivity (Wildman–Crippen MR) is 88.0 cm³/mol. The normalized spacial score (nSPS) is 11.4. The van der Waals surface area contributed by atoms with Gasteiger partial charge in [-0.05, 0) is 12.8 Å². The molecule has 0 saturated carbocycles. The number of guanidine groups is 1. The van der Waals surface area contributed by atoms with Gasteiger partial charge in [0.2, 0.25) is 11.8 Å². The molecule has 0 unspecified atom stereocenters. The largest absolute Gasteiger partial charge is 0.480 e. The summed E-state index contributed by atoms with van der Waals surface area (Å²) in [5.74, 6) is -1.88. The lowest BCUT2D eigenvalue weighted by molar-refractivity contribution is -0.138. The molecule has 0 fully saturated rings. The fraction of sp³-hybridized carbons (Fsp3) is 0.714. The molecule has 138 valence electrons. The minimum Gasteiger partial charge on any atom is -0.480 e. The van der Waals surface area contributed by atoms with E-state index in [9.17, 15) is 19.5 Å². The summed E-state index contributed by atoms with van der Waals surface area (Å²) in [6.07, 6.45) is 2.36. The Hall–Kier alpha value is -2.36. The molecular formula is C14H27N5O5. The van der Waals surface area contributed by atoms with Crippen LogP contribution in [0.4, 0.5) is 0 Å². The van der Waals surface area contributed by atoms with Gasteiger partial charge in [-0.2, -0.15) is 0 Å². The van der Waals surface area contributed by atoms with Crippen LogP contribution in [-0.2, 0) is 14.4 Å². The number of nitrogens with two attached hydrogens (primary N) is 2. The molecule has 0 aliphatic rings. The Labute approximate surface area is 140 Å². The Balaban J connectivity index is 3.62. The Bertz CT molecular complexity index is 437. The molecule has 24 heavy (non-hydrogen) atoms. The van der Waals surface area contributed by atoms with E-state index in [0.29, 0.717) is 19.4 Å². The molecule has 0 aliphatic heterocycles. The van der Waals surface area contributed by atoms with E-state index >= 15 is 0 Å². The number of aliphatic hydroxyl groups is 1. The Kier molecular flexibility index (Phi) is 11.8. The topological polar surface area (TPSA) is 180 Å². The van der Waals surface area contributed by atoms with E-state index in [1.54, 1.807) is 0 Å². The van der Waals surface area contributed by atoms with Gasteiger partial charge in [0.1, 0.15) is 6.54 Å². The number of aliphatic imine (C=N–C) groups is 1. The van der Waals surface area contributed by atoms with Gasteiger partial charge >= 0.3 is 5.97 Å². The van der Waals surface area contributed by atoms with Crippen molar-refractivity contribution >= 4 is 23.7 Å². The quantitative estimate of drug-likeness (QED) is 0.130. The van der Waals surface area contributed by atoms with Crippen LogP contribution in [0.3, 0.4) is 0 Å². The summed E-state index contributed by atoms with van der Waals surface area (Å²) >= 11 is 0. The molecule has 0 aromatic rings. The van der Waals surface area contributed by atoms with Crippen LogP contribution in [0.15, 0.2) is 4.99 Å². The summed E-state index contributed by atoms with van der Waals surface area (Å²) < 4.78 is 0. The number of carbonyl (C=O) groups excluding carboxylic acids is 2. The van der Waals surface area contributed by atoms with Gasteiger partial charge in [-0.3, -0.25) is 19.4 Å². The number of nitrogens with zero attached hydrogens (tertiary/aromatic N) is 1. The lowest BCUT2D eigenvalue weighted by Crippen LogP contribution is -2.37. The molecule has 0 rings (SSSR count). The van der Waals surface area contributed by atoms with Crippen LogP contribution in [0.5, 0.6) is 0 Å². The second-order valence-corrected chi connectivity index (χ2v) is 5.30. The number of hydrogen-bond acceptors (Lipinski definition) is 5. The molecule has 0 radical (unpaired) electrons. The molecule has 10 heteroatoms. The number of rotatable bonds is 13. The lowest BCUT2D eigenvalue weighted by Gasteiger charge is -2.11. The number of hydrogen-bond donors (Lipinski definition) is 6. The Morgan fingerprint density at radius 2 is 1.67 bits per heavy atom. The van der Waals surface area contributed by atoms with Crippen LogP contribution in [-0.4, -0.2) is 59.7 Å². The van der Waals surface area contributed by atoms with Gasteiger partial charge in [-0.15, -0.1) is 0 Å². The number of aliphatic hydroxyl groups excluding tert-OH is 1. The van der Waals surface area contributed by atoms with Gasteiger partial charge in [0.25, 0.3) is 0 Å². The standard InChI is InChI=1S/C14H27N5O5/c15-14(16)17-6-4-2-1-3-5-11(21)18-8-10(20)7-12(22)19-9-13(23)24/h10,20H,1-9H2,(H,18,21)(H,19,22)(H,23,24)(H4,15,16,17)/t10-/m0/s1. The van der Waals surface area contributed by atoms with Crippen LogP contribution in [0.1, 0.15) is 38.5 Å². The van der Waals surface area contributed by atoms with Crippen molar-refractivity contribution in [2.75, 3.05) is 19.6 Å². The van der Waals surface area contributed by atoms with Gasteiger partial charge < -0.3 is 32.3 Å². The van der Waals surface area contributed by atoms with Crippen molar-refractivity contribution in [3.8, 4) is 0 Å². The highest BCUT2D eigenvalue weighted by atomic mass is 16.4. The van der Waals surface area contributed by atoms with Crippen LogP contribution in [0.25, 0.3) is 0 Å². The first-order valence-corrected chi connectivity index (χ1v) is 7.80. The molecule has 0 aromatic heterocycles. The summed E-state index contributed by atoms with van der Waals surface area (Å²) in [5.41, 5.74) is 10.4. The number of carbonyl (C=O) groups is 3. The number of nitrogens with one attached hydrogen (secondary N) is 2. The number of amides is 2. The van der Waals surface area contributed by atoms with Crippen LogP contribution >= 0.6 is 0 Å². The molecule has 0 aliphatic carbocycles. The number of aliphatic carboxylic acids is 1. The first-order valence-electron chi connectivity index (χ1n) is 7.80. The van der Waals surface area contributed by atoms with Crippen LogP contribution in [0.2, 0.25) is 0 Å². The van der Waals surface area contributed by atoms with Crippen LogP contribution < -0.4 is 22.1 Å². The second kappa shape index (κ2) is 13.1. The summed E-state index contributed by atoms with van der Waals surface area (Å²) in [6.45, 7) is 0.0234. The van der Waals surface area contributed by atoms with E-state index in [2.05, 4.69) is 15.6 Å². The van der Waals surface area contributed by atoms with Crippen LogP contribution in [0, 0.1) is 0 Å². The van der Waals surface area contributed by atoms with Crippen molar-refractivity contribution in [3.63, 3.8) is 0 Å². The average molecular weight is 345 g/mol. The van der Waals surface area contributed by atoms with Gasteiger partial charge in [0.15, 0.2) is 5.96 Å². The summed E-state index contributed by atoms with van der Waals surface area (Å²) in [4.78, 5) is 37.0. The van der Waals surface area contributed by atoms with E-state index < -0.39 is 24.5 Å². The Morgan fingerprint density at radius 3 is 2.29 bits per heavy atom. The van der Waals surface area contributed by atoms with E-state index in [1.165, 1.54) is 0 Å². The fourth-order valence-corrected chi connectivity index (χ4v) is 1.81. The number of carboxylic acid groups (broad SMARTS) is 1. The molecule has 0 saturated heterocycles. The van der Waals surface area contributed by atoms with Crippen molar-refractivity contribution in [3.05, 3.63) is 0 Å². The second-order valence-electron chi connectivity index (χ2n) is 5.30. The highest BCUT2D eigenvalue weighted by Crippen LogP contribution is 2.03. The number of unbranched alkanes of at least 4 members (excludes halogenated alkanes) is 3. The van der Waals surface area contributed by atoms with E-state index in [0.717, 1.165) is 19.3 Å². The minimum absolute atomic E-state index is 0.0518. The molecule has 10 nitrogen and oxygen atoms in total. The van der Waals surface area contributed by atoms with E-state index in [4.69, 9.17) is 16.6 Å². The molecule has 0 heterocycles. The van der Waals surface area contributed by atoms with Gasteiger partial charge in [0, 0.05) is 19.5 Å². The molecule has 0 aromatic carbocycles. The van der Waals surface area contributed by atoms with E-state index in [1.807, 2.05) is 0 Å². The maximum absolute atomic E-state index is 11.6. The maximum Gasteiger partial charge on any atom is 0.322 e. The molecule has 2 amide bonds. The fourth-order valence-electron chi connectivity index (χ4n) is 1.81. The zero-order valence-electron chi connectivity index (χ0n) is 13.7. The highest BCUT2D eigenvalue weighted by molar-refractivity contribution is 5.81. The molecule has 0 bridgehead atoms. The van der Waals surface area contributed by atoms with Gasteiger partial charge in [-0.25, -0.2) is 0 Å². The summed E-state index contributed by atoms with van der Waals surface area (Å²) in [7, 11) is 0. The van der Waals surface area contributed by atoms with E-state index in [-0.39, 0.29) is 24.8 Å².